The molecule has 0 amide bonds. The van der Waals surface area contributed by atoms with Crippen molar-refractivity contribution in [1.29, 1.82) is 0 Å². The summed E-state index contributed by atoms with van der Waals surface area (Å²) in [6, 6.07) is 1.63. The third-order valence-electron chi connectivity index (χ3n) is 2.34. The zero-order chi connectivity index (χ0) is 16.9. The zero-order valence-corrected chi connectivity index (χ0v) is 11.6. The van der Waals surface area contributed by atoms with Gasteiger partial charge < -0.3 is 0 Å². The first-order valence-corrected chi connectivity index (χ1v) is 7.83. The average molecular weight is 356 g/mol. The van der Waals surface area contributed by atoms with Gasteiger partial charge in [-0.25, -0.2) is 16.8 Å². The number of hydrogen-bond donors (Lipinski definition) is 0. The van der Waals surface area contributed by atoms with Gasteiger partial charge in [-0.3, -0.25) is 0 Å². The molecule has 12 heteroatoms. The molecule has 0 N–H and O–H groups in total. The van der Waals surface area contributed by atoms with Crippen molar-refractivity contribution in [2.24, 2.45) is 0 Å². The third kappa shape index (κ3) is 2.86. The van der Waals surface area contributed by atoms with E-state index in [0.29, 0.717) is 6.07 Å². The number of alkyl halides is 6. The Morgan fingerprint density at radius 1 is 0.810 bits per heavy atom. The Morgan fingerprint density at radius 2 is 1.24 bits per heavy atom. The van der Waals surface area contributed by atoms with Gasteiger partial charge in [0.15, 0.2) is 0 Å². The van der Waals surface area contributed by atoms with Gasteiger partial charge in [-0.15, -0.1) is 0 Å². The van der Waals surface area contributed by atoms with Crippen molar-refractivity contribution < 1.29 is 43.2 Å². The molecule has 21 heavy (non-hydrogen) atoms. The summed E-state index contributed by atoms with van der Waals surface area (Å²) in [6.07, 6.45) is 0. The molecule has 0 fully saturated rings. The predicted octanol–water partition coefficient (Wildman–Crippen LogP) is 2.58. The zero-order valence-electron chi connectivity index (χ0n) is 9.95. The van der Waals surface area contributed by atoms with E-state index < -0.39 is 46.0 Å². The number of hydrogen-bond acceptors (Lipinski definition) is 4. The Morgan fingerprint density at radius 3 is 1.62 bits per heavy atom. The molecule has 0 aliphatic carbocycles. The number of aryl methyl sites for hydroxylation is 1. The van der Waals surface area contributed by atoms with Crippen LogP contribution < -0.4 is 0 Å². The second kappa shape index (κ2) is 4.87. The molecule has 0 aromatic heterocycles. The minimum atomic E-state index is -6.26. The van der Waals surface area contributed by atoms with Crippen LogP contribution in [0.25, 0.3) is 0 Å². The number of sulfone groups is 2. The molecular formula is C9H6F6O4S2. The summed E-state index contributed by atoms with van der Waals surface area (Å²) in [5.74, 6) is 0. The maximum absolute atomic E-state index is 12.5. The van der Waals surface area contributed by atoms with Crippen LogP contribution in [0.2, 0.25) is 0 Å². The lowest BCUT2D eigenvalue weighted by molar-refractivity contribution is -0.0456. The van der Waals surface area contributed by atoms with Crippen molar-refractivity contribution in [3.05, 3.63) is 23.8 Å². The van der Waals surface area contributed by atoms with Gasteiger partial charge in [-0.1, -0.05) is 12.1 Å². The van der Waals surface area contributed by atoms with Crippen molar-refractivity contribution >= 4 is 19.7 Å². The van der Waals surface area contributed by atoms with E-state index in [1.54, 1.807) is 0 Å². The van der Waals surface area contributed by atoms with E-state index in [4.69, 9.17) is 0 Å². The number of benzene rings is 1. The van der Waals surface area contributed by atoms with E-state index in [1.165, 1.54) is 0 Å². The molecule has 0 spiro atoms. The molecule has 0 aliphatic rings. The fourth-order valence-electron chi connectivity index (χ4n) is 1.42. The molecule has 0 atom stereocenters. The van der Waals surface area contributed by atoms with Crippen LogP contribution in [0.5, 0.6) is 0 Å². The van der Waals surface area contributed by atoms with E-state index in [9.17, 15) is 43.2 Å². The summed E-state index contributed by atoms with van der Waals surface area (Å²) in [4.78, 5) is -3.87. The van der Waals surface area contributed by atoms with Gasteiger partial charge in [-0.05, 0) is 18.6 Å². The maximum Gasteiger partial charge on any atom is 0.501 e. The second-order valence-electron chi connectivity index (χ2n) is 3.80. The van der Waals surface area contributed by atoms with Crippen LogP contribution in [0.4, 0.5) is 26.3 Å². The highest BCUT2D eigenvalue weighted by molar-refractivity contribution is 7.95. The summed E-state index contributed by atoms with van der Waals surface area (Å²) >= 11 is 0. The molecule has 0 heterocycles. The minimum absolute atomic E-state index is 0.161. The Balaban J connectivity index is 3.90. The molecule has 4 nitrogen and oxygen atoms in total. The van der Waals surface area contributed by atoms with Crippen molar-refractivity contribution in [2.75, 3.05) is 0 Å². The standard InChI is InChI=1S/C9H6F6O4S2/c1-5-3-2-4-6(20(16,17)8(10,11)12)7(5)21(18,19)9(13,14)15/h2-4H,1H3. The van der Waals surface area contributed by atoms with E-state index >= 15 is 0 Å². The fourth-order valence-corrected chi connectivity index (χ4v) is 4.05. The molecule has 0 saturated heterocycles. The molecule has 0 bridgehead atoms. The highest BCUT2D eigenvalue weighted by atomic mass is 32.2. The Bertz CT molecular complexity index is 758. The SMILES string of the molecule is Cc1cccc(S(=O)(=O)C(F)(F)F)c1S(=O)(=O)C(F)(F)F. The summed E-state index contributed by atoms with van der Waals surface area (Å²) in [7, 11) is -12.5. The molecular weight excluding hydrogens is 350 g/mol. The predicted molar refractivity (Wildman–Crippen MR) is 57.7 cm³/mol. The van der Waals surface area contributed by atoms with Gasteiger partial charge in [0.25, 0.3) is 19.7 Å². The quantitative estimate of drug-likeness (QED) is 0.764. The molecule has 0 aliphatic heterocycles. The molecule has 120 valence electrons. The van der Waals surface area contributed by atoms with Gasteiger partial charge >= 0.3 is 11.0 Å². The van der Waals surface area contributed by atoms with E-state index in [0.717, 1.165) is 13.0 Å². The third-order valence-corrected chi connectivity index (χ3v) is 5.69. The molecule has 0 saturated carbocycles. The van der Waals surface area contributed by atoms with Crippen molar-refractivity contribution in [3.63, 3.8) is 0 Å². The molecule has 0 unspecified atom stereocenters. The minimum Gasteiger partial charge on any atom is -0.214 e. The van der Waals surface area contributed by atoms with Crippen LogP contribution in [0.15, 0.2) is 28.0 Å². The van der Waals surface area contributed by atoms with Crippen molar-refractivity contribution in [3.8, 4) is 0 Å². The smallest absolute Gasteiger partial charge is 0.214 e. The summed E-state index contributed by atoms with van der Waals surface area (Å²) in [5.41, 5.74) is -12.6. The largest absolute Gasteiger partial charge is 0.501 e. The van der Waals surface area contributed by atoms with E-state index in [2.05, 4.69) is 0 Å². The first-order valence-electron chi connectivity index (χ1n) is 4.86. The van der Waals surface area contributed by atoms with E-state index in [1.807, 2.05) is 0 Å². The topological polar surface area (TPSA) is 68.3 Å². The van der Waals surface area contributed by atoms with Crippen LogP contribution in [0.3, 0.4) is 0 Å². The highest BCUT2D eigenvalue weighted by Crippen LogP contribution is 2.39. The van der Waals surface area contributed by atoms with Crippen molar-refractivity contribution in [2.45, 2.75) is 27.7 Å². The molecule has 1 rings (SSSR count). The van der Waals surface area contributed by atoms with E-state index in [-0.39, 0.29) is 6.07 Å². The van der Waals surface area contributed by atoms with Gasteiger partial charge in [-0.2, -0.15) is 26.3 Å². The summed E-state index contributed by atoms with van der Waals surface area (Å²) < 4.78 is 120. The van der Waals surface area contributed by atoms with Crippen LogP contribution in [0.1, 0.15) is 5.56 Å². The average Bonchev–Trinajstić information content (AvgIpc) is 2.24. The van der Waals surface area contributed by atoms with Crippen LogP contribution in [-0.4, -0.2) is 27.9 Å². The first kappa shape index (κ1) is 17.8. The lowest BCUT2D eigenvalue weighted by Crippen LogP contribution is -2.29. The highest BCUT2D eigenvalue weighted by Gasteiger charge is 2.54. The van der Waals surface area contributed by atoms with Gasteiger partial charge in [0.1, 0.15) is 0 Å². The van der Waals surface area contributed by atoms with Crippen LogP contribution in [0, 0.1) is 6.92 Å². The number of halogens is 6. The summed E-state index contributed by atoms with van der Waals surface area (Å²) in [5, 5.41) is 0. The van der Waals surface area contributed by atoms with Crippen LogP contribution >= 0.6 is 0 Å². The Kier molecular flexibility index (Phi) is 4.11. The first-order chi connectivity index (χ1) is 9.14. The lowest BCUT2D eigenvalue weighted by Gasteiger charge is -2.16. The Labute approximate surface area is 115 Å². The Hall–Kier alpha value is -1.30. The monoisotopic (exact) mass is 356 g/mol. The summed E-state index contributed by atoms with van der Waals surface area (Å²) in [6.45, 7) is 0.758. The maximum atomic E-state index is 12.5. The molecule has 1 aromatic rings. The lowest BCUT2D eigenvalue weighted by atomic mass is 10.2. The second-order valence-corrected chi connectivity index (χ2v) is 7.59. The number of rotatable bonds is 2. The fraction of sp³-hybridized carbons (Fsp3) is 0.333. The normalized spacial score (nSPS) is 14.2. The van der Waals surface area contributed by atoms with Gasteiger partial charge in [0.05, 0.1) is 9.79 Å². The van der Waals surface area contributed by atoms with Gasteiger partial charge in [0, 0.05) is 0 Å². The van der Waals surface area contributed by atoms with Crippen LogP contribution in [-0.2, 0) is 19.7 Å². The molecule has 0 radical (unpaired) electrons. The van der Waals surface area contributed by atoms with Gasteiger partial charge in [0.2, 0.25) is 0 Å². The van der Waals surface area contributed by atoms with Crippen molar-refractivity contribution in [1.82, 2.24) is 0 Å². The molecule has 1 aromatic carbocycles.